The second kappa shape index (κ2) is 7.12. The molecule has 0 radical (unpaired) electrons. The first-order valence-corrected chi connectivity index (χ1v) is 7.48. The predicted molar refractivity (Wildman–Crippen MR) is 88.0 cm³/mol. The first-order valence-electron chi connectivity index (χ1n) is 7.48. The number of nitrogens with zero attached hydrogens (tertiary/aromatic N) is 2. The fourth-order valence-electron chi connectivity index (χ4n) is 2.32. The van der Waals surface area contributed by atoms with E-state index in [9.17, 15) is 14.4 Å². The van der Waals surface area contributed by atoms with E-state index in [1.165, 1.54) is 20.0 Å². The number of esters is 1. The largest absolute Gasteiger partial charge is 0.462 e. The molecule has 2 rings (SSSR count). The third kappa shape index (κ3) is 3.65. The molecule has 0 aliphatic heterocycles. The molecule has 132 valence electrons. The highest BCUT2D eigenvalue weighted by Gasteiger charge is 2.26. The number of anilines is 2. The van der Waals surface area contributed by atoms with Gasteiger partial charge in [0.05, 0.1) is 12.2 Å². The number of hydrogen-bond donors (Lipinski definition) is 2. The molecule has 9 heteroatoms. The van der Waals surface area contributed by atoms with Crippen molar-refractivity contribution in [2.75, 3.05) is 11.9 Å². The van der Waals surface area contributed by atoms with Gasteiger partial charge in [0.15, 0.2) is 11.6 Å². The molecule has 0 spiro atoms. The van der Waals surface area contributed by atoms with Crippen LogP contribution < -0.4 is 11.1 Å². The molecule has 3 N–H and O–H groups in total. The highest BCUT2D eigenvalue weighted by Crippen LogP contribution is 2.30. The van der Waals surface area contributed by atoms with Crippen LogP contribution in [0.3, 0.4) is 0 Å². The van der Waals surface area contributed by atoms with Gasteiger partial charge in [-0.25, -0.2) is 14.8 Å². The molecule has 2 aromatic rings. The third-order valence-corrected chi connectivity index (χ3v) is 3.32. The van der Waals surface area contributed by atoms with Gasteiger partial charge in [-0.3, -0.25) is 9.59 Å². The van der Waals surface area contributed by atoms with Crippen molar-refractivity contribution < 1.29 is 23.5 Å². The van der Waals surface area contributed by atoms with Gasteiger partial charge in [-0.05, 0) is 27.7 Å². The number of Topliss-reactive ketones (excluding diaryl/α,β-unsaturated/α-hetero) is 1. The summed E-state index contributed by atoms with van der Waals surface area (Å²) in [4.78, 5) is 43.7. The highest BCUT2D eigenvalue weighted by molar-refractivity contribution is 6.10. The first kappa shape index (κ1) is 18.1. The van der Waals surface area contributed by atoms with Crippen molar-refractivity contribution in [3.8, 4) is 0 Å². The Morgan fingerprint density at radius 3 is 2.52 bits per heavy atom. The zero-order chi connectivity index (χ0) is 18.7. The summed E-state index contributed by atoms with van der Waals surface area (Å²) in [6.45, 7) is 6.30. The average molecular weight is 346 g/mol. The topological polar surface area (TPSA) is 137 Å². The van der Waals surface area contributed by atoms with Crippen LogP contribution >= 0.6 is 0 Å². The van der Waals surface area contributed by atoms with Crippen molar-refractivity contribution in [3.63, 3.8) is 0 Å². The highest BCUT2D eigenvalue weighted by atomic mass is 16.5. The van der Waals surface area contributed by atoms with Gasteiger partial charge in [-0.1, -0.05) is 0 Å². The maximum absolute atomic E-state index is 12.0. The molecule has 0 fully saturated rings. The van der Waals surface area contributed by atoms with Crippen LogP contribution in [0.1, 0.15) is 56.5 Å². The number of carbonyl (C=O) groups is 3. The fourth-order valence-corrected chi connectivity index (χ4v) is 2.32. The fraction of sp³-hybridized carbons (Fsp3) is 0.312. The number of ketones is 1. The van der Waals surface area contributed by atoms with Gasteiger partial charge in [-0.15, -0.1) is 0 Å². The monoisotopic (exact) mass is 346 g/mol. The SMILES string of the molecule is CCOC(=O)c1cnc(C)nc1Nc1oc(C)c(C(C)=O)c1C(N)=O. The molecular formula is C16H18N4O5. The minimum atomic E-state index is -0.840. The number of furan rings is 1. The summed E-state index contributed by atoms with van der Waals surface area (Å²) in [6, 6.07) is 0. The summed E-state index contributed by atoms with van der Waals surface area (Å²) < 4.78 is 10.4. The third-order valence-electron chi connectivity index (χ3n) is 3.32. The summed E-state index contributed by atoms with van der Waals surface area (Å²) in [5.41, 5.74) is 5.42. The summed E-state index contributed by atoms with van der Waals surface area (Å²) >= 11 is 0. The predicted octanol–water partition coefficient (Wildman–Crippen LogP) is 1.91. The van der Waals surface area contributed by atoms with Gasteiger partial charge in [0.25, 0.3) is 5.91 Å². The van der Waals surface area contributed by atoms with Crippen LogP contribution in [-0.4, -0.2) is 34.2 Å². The van der Waals surface area contributed by atoms with Crippen molar-refractivity contribution in [1.82, 2.24) is 9.97 Å². The lowest BCUT2D eigenvalue weighted by molar-refractivity contribution is 0.0526. The molecule has 0 aliphatic carbocycles. The molecular weight excluding hydrogens is 328 g/mol. The Morgan fingerprint density at radius 1 is 1.28 bits per heavy atom. The van der Waals surface area contributed by atoms with Crippen LogP contribution in [0.4, 0.5) is 11.7 Å². The van der Waals surface area contributed by atoms with E-state index in [0.29, 0.717) is 5.82 Å². The molecule has 25 heavy (non-hydrogen) atoms. The molecule has 2 aromatic heterocycles. The van der Waals surface area contributed by atoms with Gasteiger partial charge >= 0.3 is 5.97 Å². The molecule has 0 unspecified atom stereocenters. The van der Waals surface area contributed by atoms with Crippen molar-refractivity contribution >= 4 is 29.4 Å². The first-order chi connectivity index (χ1) is 11.8. The van der Waals surface area contributed by atoms with Crippen LogP contribution in [0.5, 0.6) is 0 Å². The van der Waals surface area contributed by atoms with E-state index in [1.54, 1.807) is 13.8 Å². The van der Waals surface area contributed by atoms with Crippen LogP contribution in [0.15, 0.2) is 10.6 Å². The molecule has 0 saturated carbocycles. The number of aryl methyl sites for hydroxylation is 2. The second-order valence-corrected chi connectivity index (χ2v) is 5.18. The zero-order valence-corrected chi connectivity index (χ0v) is 14.3. The Labute approximate surface area is 143 Å². The van der Waals surface area contributed by atoms with Crippen molar-refractivity contribution in [2.45, 2.75) is 27.7 Å². The Morgan fingerprint density at radius 2 is 1.96 bits per heavy atom. The zero-order valence-electron chi connectivity index (χ0n) is 14.3. The van der Waals surface area contributed by atoms with E-state index in [1.807, 2.05) is 0 Å². The lowest BCUT2D eigenvalue weighted by Crippen LogP contribution is -2.17. The van der Waals surface area contributed by atoms with E-state index in [2.05, 4.69) is 15.3 Å². The quantitative estimate of drug-likeness (QED) is 0.597. The van der Waals surface area contributed by atoms with Crippen molar-refractivity contribution in [2.24, 2.45) is 5.73 Å². The number of amides is 1. The minimum Gasteiger partial charge on any atom is -0.462 e. The number of nitrogens with two attached hydrogens (primary N) is 1. The molecule has 9 nitrogen and oxygen atoms in total. The van der Waals surface area contributed by atoms with Gasteiger partial charge in [0.2, 0.25) is 5.88 Å². The molecule has 1 amide bonds. The van der Waals surface area contributed by atoms with E-state index in [0.717, 1.165) is 0 Å². The average Bonchev–Trinajstić information content (AvgIpc) is 2.84. The lowest BCUT2D eigenvalue weighted by atomic mass is 10.1. The smallest absolute Gasteiger partial charge is 0.343 e. The van der Waals surface area contributed by atoms with Crippen molar-refractivity contribution in [1.29, 1.82) is 0 Å². The van der Waals surface area contributed by atoms with E-state index >= 15 is 0 Å². The maximum atomic E-state index is 12.0. The number of aromatic nitrogens is 2. The summed E-state index contributed by atoms with van der Waals surface area (Å²) in [7, 11) is 0. The molecule has 0 bridgehead atoms. The second-order valence-electron chi connectivity index (χ2n) is 5.18. The number of primary amides is 1. The summed E-state index contributed by atoms with van der Waals surface area (Å²) in [6.07, 6.45) is 1.30. The number of hydrogen-bond acceptors (Lipinski definition) is 8. The lowest BCUT2D eigenvalue weighted by Gasteiger charge is -2.10. The van der Waals surface area contributed by atoms with Crippen LogP contribution in [0.25, 0.3) is 0 Å². The number of ether oxygens (including phenoxy) is 1. The van der Waals surface area contributed by atoms with Crippen LogP contribution in [-0.2, 0) is 4.74 Å². The number of carbonyl (C=O) groups excluding carboxylic acids is 3. The molecule has 0 aliphatic rings. The number of rotatable bonds is 6. The number of nitrogens with one attached hydrogen (secondary N) is 1. The molecule has 2 heterocycles. The van der Waals surface area contributed by atoms with Crippen LogP contribution in [0.2, 0.25) is 0 Å². The Balaban J connectivity index is 2.55. The van der Waals surface area contributed by atoms with Crippen LogP contribution in [0, 0.1) is 13.8 Å². The van der Waals surface area contributed by atoms with Gasteiger partial charge in [0.1, 0.15) is 22.7 Å². The van der Waals surface area contributed by atoms with Gasteiger partial charge in [-0.2, -0.15) is 0 Å². The molecule has 0 aromatic carbocycles. The molecule has 0 atom stereocenters. The molecule has 0 saturated heterocycles. The minimum absolute atomic E-state index is 0.0568. The van der Waals surface area contributed by atoms with Gasteiger partial charge < -0.3 is 20.2 Å². The Kier molecular flexibility index (Phi) is 5.16. The van der Waals surface area contributed by atoms with E-state index in [4.69, 9.17) is 14.9 Å². The van der Waals surface area contributed by atoms with E-state index in [-0.39, 0.29) is 46.5 Å². The normalized spacial score (nSPS) is 10.4. The Bertz CT molecular complexity index is 856. The maximum Gasteiger partial charge on any atom is 0.343 e. The standard InChI is InChI=1S/C16H18N4O5/c1-5-24-16(23)10-6-18-9(4)19-14(10)20-15-12(13(17)22)11(7(2)21)8(3)25-15/h6H,5H2,1-4H3,(H2,17,22)(H,18,19,20). The Hall–Kier alpha value is -3.23. The summed E-state index contributed by atoms with van der Waals surface area (Å²) in [5, 5.41) is 2.75. The van der Waals surface area contributed by atoms with Gasteiger partial charge in [0, 0.05) is 6.20 Å². The van der Waals surface area contributed by atoms with Crippen molar-refractivity contribution in [3.05, 3.63) is 34.5 Å². The van der Waals surface area contributed by atoms with E-state index < -0.39 is 11.9 Å². The summed E-state index contributed by atoms with van der Waals surface area (Å²) in [5.74, 6) is -1.23.